The number of hydrogen-bond acceptors (Lipinski definition) is 3. The van der Waals surface area contributed by atoms with E-state index in [0.29, 0.717) is 41.3 Å². The van der Waals surface area contributed by atoms with Gasteiger partial charge in [0, 0.05) is 18.3 Å². The molecular weight excluding hydrogens is 348 g/mol. The molecule has 0 aliphatic heterocycles. The molecule has 0 aromatic carbocycles. The first kappa shape index (κ1) is 20.4. The van der Waals surface area contributed by atoms with Gasteiger partial charge in [0.1, 0.15) is 5.78 Å². The normalized spacial score (nSPS) is 46.3. The molecule has 0 aromatic rings. The average molecular weight is 389 g/mol. The van der Waals surface area contributed by atoms with Crippen molar-refractivity contribution in [3.8, 4) is 0 Å². The van der Waals surface area contributed by atoms with Gasteiger partial charge >= 0.3 is 5.97 Å². The Labute approximate surface area is 171 Å². The Hall–Kier alpha value is -0.860. The highest BCUT2D eigenvalue weighted by Crippen LogP contribution is 2.67. The maximum absolute atomic E-state index is 13.7. The number of carbonyl (C=O) groups is 2. The molecule has 4 aliphatic rings. The van der Waals surface area contributed by atoms with Crippen LogP contribution in [0.1, 0.15) is 91.4 Å². The van der Waals surface area contributed by atoms with Gasteiger partial charge in [-0.25, -0.2) is 0 Å². The zero-order chi connectivity index (χ0) is 20.1. The Bertz CT molecular complexity index is 627. The molecule has 3 nitrogen and oxygen atoms in total. The van der Waals surface area contributed by atoms with E-state index in [-0.39, 0.29) is 11.4 Å². The first-order valence-corrected chi connectivity index (χ1v) is 11.9. The van der Waals surface area contributed by atoms with Crippen LogP contribution in [0.5, 0.6) is 0 Å². The minimum atomic E-state index is -0.158. The van der Waals surface area contributed by atoms with Crippen molar-refractivity contribution in [3.05, 3.63) is 0 Å². The fraction of sp³-hybridized carbons (Fsp3) is 0.920. The predicted octanol–water partition coefficient (Wildman–Crippen LogP) is 5.80. The molecule has 4 saturated carbocycles. The van der Waals surface area contributed by atoms with Gasteiger partial charge in [-0.3, -0.25) is 9.59 Å². The second-order valence-electron chi connectivity index (χ2n) is 11.1. The number of ether oxygens (including phenoxy) is 1. The Kier molecular flexibility index (Phi) is 5.42. The monoisotopic (exact) mass is 388 g/mol. The van der Waals surface area contributed by atoms with Gasteiger partial charge in [0.2, 0.25) is 0 Å². The fourth-order valence-electron chi connectivity index (χ4n) is 8.59. The summed E-state index contributed by atoms with van der Waals surface area (Å²) in [6, 6.07) is 0. The molecule has 8 atom stereocenters. The largest absolute Gasteiger partial charge is 0.469 e. The van der Waals surface area contributed by atoms with Crippen LogP contribution in [0.3, 0.4) is 0 Å². The van der Waals surface area contributed by atoms with Gasteiger partial charge in [0.05, 0.1) is 7.11 Å². The summed E-state index contributed by atoms with van der Waals surface area (Å²) in [4.78, 5) is 25.3. The Morgan fingerprint density at radius 2 is 1.89 bits per heavy atom. The van der Waals surface area contributed by atoms with E-state index in [1.807, 2.05) is 0 Å². The van der Waals surface area contributed by atoms with Gasteiger partial charge in [-0.1, -0.05) is 33.6 Å². The lowest BCUT2D eigenvalue weighted by Crippen LogP contribution is -2.56. The van der Waals surface area contributed by atoms with Gasteiger partial charge in [-0.05, 0) is 85.9 Å². The molecule has 3 heteroatoms. The SMILES string of the molecule is COC(=O)CCC(C)C1CCC2C3CCC4CCCCC4(C)C3CC(=O)C12C. The molecular formula is C25H40O3. The molecule has 4 fully saturated rings. The van der Waals surface area contributed by atoms with E-state index < -0.39 is 0 Å². The number of carbonyl (C=O) groups excluding carboxylic acids is 2. The van der Waals surface area contributed by atoms with Crippen LogP contribution in [0.25, 0.3) is 0 Å². The molecule has 4 rings (SSSR count). The van der Waals surface area contributed by atoms with E-state index in [1.54, 1.807) is 0 Å². The van der Waals surface area contributed by atoms with Crippen molar-refractivity contribution in [1.29, 1.82) is 0 Å². The van der Waals surface area contributed by atoms with E-state index >= 15 is 0 Å². The summed E-state index contributed by atoms with van der Waals surface area (Å²) < 4.78 is 4.84. The molecule has 158 valence electrons. The van der Waals surface area contributed by atoms with Gasteiger partial charge in [0.15, 0.2) is 0 Å². The maximum Gasteiger partial charge on any atom is 0.305 e. The van der Waals surface area contributed by atoms with Crippen molar-refractivity contribution in [1.82, 2.24) is 0 Å². The third-order valence-electron chi connectivity index (χ3n) is 10.2. The average Bonchev–Trinajstić information content (AvgIpc) is 3.05. The second-order valence-corrected chi connectivity index (χ2v) is 11.1. The highest BCUT2D eigenvalue weighted by atomic mass is 16.5. The second kappa shape index (κ2) is 7.43. The minimum absolute atomic E-state index is 0.120. The van der Waals surface area contributed by atoms with Gasteiger partial charge < -0.3 is 4.74 Å². The standard InChI is InChI=1S/C25H40O3/c1-16(8-13-23(27)28-4)19-11-12-20-18-10-9-17-7-5-6-14-24(17,2)21(18)15-22(26)25(19,20)3/h16-21H,5-15H2,1-4H3. The Morgan fingerprint density at radius 1 is 1.11 bits per heavy atom. The lowest BCUT2D eigenvalue weighted by molar-refractivity contribution is -0.157. The van der Waals surface area contributed by atoms with Gasteiger partial charge in [-0.2, -0.15) is 0 Å². The number of Topliss-reactive ketones (excluding diaryl/α,β-unsaturated/α-hetero) is 1. The molecule has 0 saturated heterocycles. The Morgan fingerprint density at radius 3 is 2.64 bits per heavy atom. The smallest absolute Gasteiger partial charge is 0.305 e. The summed E-state index contributed by atoms with van der Waals surface area (Å²) in [5.74, 6) is 4.09. The molecule has 0 N–H and O–H groups in total. The van der Waals surface area contributed by atoms with Gasteiger partial charge in [0.25, 0.3) is 0 Å². The molecule has 0 aromatic heterocycles. The molecule has 0 radical (unpaired) electrons. The third-order valence-corrected chi connectivity index (χ3v) is 10.2. The van der Waals surface area contributed by atoms with Crippen LogP contribution >= 0.6 is 0 Å². The zero-order valence-electron chi connectivity index (χ0n) is 18.5. The van der Waals surface area contributed by atoms with Crippen molar-refractivity contribution in [3.63, 3.8) is 0 Å². The number of fused-ring (bicyclic) bond motifs is 5. The summed E-state index contributed by atoms with van der Waals surface area (Å²) in [5.41, 5.74) is 0.251. The van der Waals surface area contributed by atoms with Crippen LogP contribution in [-0.2, 0) is 14.3 Å². The predicted molar refractivity (Wildman–Crippen MR) is 111 cm³/mol. The van der Waals surface area contributed by atoms with Gasteiger partial charge in [-0.15, -0.1) is 0 Å². The fourth-order valence-corrected chi connectivity index (χ4v) is 8.59. The van der Waals surface area contributed by atoms with Crippen molar-refractivity contribution < 1.29 is 14.3 Å². The van der Waals surface area contributed by atoms with Crippen molar-refractivity contribution in [2.24, 2.45) is 46.3 Å². The van der Waals surface area contributed by atoms with E-state index in [0.717, 1.165) is 24.7 Å². The summed E-state index contributed by atoms with van der Waals surface area (Å²) in [5, 5.41) is 0. The van der Waals surface area contributed by atoms with E-state index in [1.165, 1.54) is 58.5 Å². The third kappa shape index (κ3) is 2.98. The first-order valence-electron chi connectivity index (χ1n) is 11.9. The summed E-state index contributed by atoms with van der Waals surface area (Å²) >= 11 is 0. The molecule has 4 aliphatic carbocycles. The van der Waals surface area contributed by atoms with E-state index in [2.05, 4.69) is 20.8 Å². The topological polar surface area (TPSA) is 43.4 Å². The number of esters is 1. The zero-order valence-corrected chi connectivity index (χ0v) is 18.5. The highest BCUT2D eigenvalue weighted by molar-refractivity contribution is 5.87. The quantitative estimate of drug-likeness (QED) is 0.571. The van der Waals surface area contributed by atoms with Crippen molar-refractivity contribution >= 4 is 11.8 Å². The van der Waals surface area contributed by atoms with Crippen LogP contribution in [0, 0.1) is 46.3 Å². The summed E-state index contributed by atoms with van der Waals surface area (Å²) in [7, 11) is 1.47. The summed E-state index contributed by atoms with van der Waals surface area (Å²) in [6.45, 7) is 7.10. The molecule has 0 bridgehead atoms. The number of rotatable bonds is 4. The molecule has 0 amide bonds. The molecule has 8 unspecified atom stereocenters. The Balaban J connectivity index is 1.55. The number of hydrogen-bond donors (Lipinski definition) is 0. The molecule has 28 heavy (non-hydrogen) atoms. The molecule has 0 spiro atoms. The number of methoxy groups -OCH3 is 1. The minimum Gasteiger partial charge on any atom is -0.469 e. The number of ketones is 1. The van der Waals surface area contributed by atoms with E-state index in [4.69, 9.17) is 4.74 Å². The highest BCUT2D eigenvalue weighted by Gasteiger charge is 2.63. The van der Waals surface area contributed by atoms with Crippen molar-refractivity contribution in [2.75, 3.05) is 7.11 Å². The summed E-state index contributed by atoms with van der Waals surface area (Å²) in [6.07, 6.45) is 12.8. The van der Waals surface area contributed by atoms with Crippen LogP contribution in [-0.4, -0.2) is 18.9 Å². The molecule has 0 heterocycles. The lowest BCUT2D eigenvalue weighted by Gasteiger charge is -2.60. The van der Waals surface area contributed by atoms with Crippen molar-refractivity contribution in [2.45, 2.75) is 91.4 Å². The van der Waals surface area contributed by atoms with Crippen LogP contribution in [0.2, 0.25) is 0 Å². The van der Waals surface area contributed by atoms with Crippen LogP contribution in [0.15, 0.2) is 0 Å². The van der Waals surface area contributed by atoms with Crippen LogP contribution in [0.4, 0.5) is 0 Å². The lowest BCUT2D eigenvalue weighted by atomic mass is 9.44. The maximum atomic E-state index is 13.7. The van der Waals surface area contributed by atoms with E-state index in [9.17, 15) is 9.59 Å². The van der Waals surface area contributed by atoms with Crippen LogP contribution < -0.4 is 0 Å². The first-order chi connectivity index (χ1) is 13.3.